The van der Waals surface area contributed by atoms with Crippen LogP contribution < -0.4 is 10.1 Å². The molecule has 122 valence electrons. The lowest BCUT2D eigenvalue weighted by Gasteiger charge is -2.09. The van der Waals surface area contributed by atoms with Crippen LogP contribution in [-0.2, 0) is 11.2 Å². The van der Waals surface area contributed by atoms with Crippen LogP contribution in [0.3, 0.4) is 0 Å². The number of nitrogens with one attached hydrogen (secondary N) is 1. The molecule has 23 heavy (non-hydrogen) atoms. The summed E-state index contributed by atoms with van der Waals surface area (Å²) in [6.45, 7) is 0.464. The van der Waals surface area contributed by atoms with E-state index < -0.39 is 11.6 Å². The molecule has 0 aliphatic carbocycles. The number of rotatable bonds is 7. The fourth-order valence-corrected chi connectivity index (χ4v) is 2.78. The number of hydrogen-bond donors (Lipinski definition) is 1. The summed E-state index contributed by atoms with van der Waals surface area (Å²) in [6.07, 6.45) is 0.644. The summed E-state index contributed by atoms with van der Waals surface area (Å²) in [6, 6.07) is 10.9. The average molecular weight is 337 g/mol. The molecule has 0 saturated heterocycles. The molecule has 0 saturated carbocycles. The molecule has 0 fully saturated rings. The lowest BCUT2D eigenvalue weighted by molar-refractivity contribution is -0.118. The number of methoxy groups -OCH3 is 1. The van der Waals surface area contributed by atoms with Gasteiger partial charge >= 0.3 is 0 Å². The van der Waals surface area contributed by atoms with Crippen molar-refractivity contribution in [2.45, 2.75) is 11.3 Å². The van der Waals surface area contributed by atoms with Gasteiger partial charge in [0.2, 0.25) is 5.91 Å². The summed E-state index contributed by atoms with van der Waals surface area (Å²) in [5, 5.41) is 2.77. The minimum absolute atomic E-state index is 0.0779. The third kappa shape index (κ3) is 5.25. The van der Waals surface area contributed by atoms with Gasteiger partial charge < -0.3 is 10.1 Å². The molecule has 0 spiro atoms. The summed E-state index contributed by atoms with van der Waals surface area (Å²) in [5.41, 5.74) is 1.01. The predicted molar refractivity (Wildman–Crippen MR) is 86.8 cm³/mol. The molecule has 0 aromatic heterocycles. The molecule has 1 N–H and O–H groups in total. The first-order valence-electron chi connectivity index (χ1n) is 7.06. The minimum atomic E-state index is -0.656. The fraction of sp³-hybridized carbons (Fsp3) is 0.235. The minimum Gasteiger partial charge on any atom is -0.496 e. The number of thioether (sulfide) groups is 1. The number of ether oxygens (including phenoxy) is 1. The second-order valence-electron chi connectivity index (χ2n) is 4.78. The highest BCUT2D eigenvalue weighted by Gasteiger charge is 2.08. The lowest BCUT2D eigenvalue weighted by atomic mass is 10.1. The van der Waals surface area contributed by atoms with Crippen LogP contribution in [0, 0.1) is 11.6 Å². The molecular weight excluding hydrogens is 320 g/mol. The smallest absolute Gasteiger partial charge is 0.230 e. The molecule has 0 aliphatic rings. The zero-order chi connectivity index (χ0) is 16.7. The molecule has 2 aromatic rings. The standard InChI is InChI=1S/C17H17F2NO2S/c1-22-15-5-3-2-4-12(15)8-9-20-17(21)11-23-16-7-6-13(18)10-14(16)19/h2-7,10H,8-9,11H2,1H3,(H,20,21). The normalized spacial score (nSPS) is 10.4. The largest absolute Gasteiger partial charge is 0.496 e. The van der Waals surface area contributed by atoms with E-state index in [2.05, 4.69) is 5.32 Å². The van der Waals surface area contributed by atoms with Crippen molar-refractivity contribution in [1.82, 2.24) is 5.32 Å². The van der Waals surface area contributed by atoms with Crippen molar-refractivity contribution in [2.75, 3.05) is 19.4 Å². The first-order chi connectivity index (χ1) is 11.1. The van der Waals surface area contributed by atoms with Crippen LogP contribution in [0.4, 0.5) is 8.78 Å². The Hall–Kier alpha value is -2.08. The number of carbonyl (C=O) groups excluding carboxylic acids is 1. The molecule has 3 nitrogen and oxygen atoms in total. The summed E-state index contributed by atoms with van der Waals surface area (Å²) in [5.74, 6) is -0.628. The van der Waals surface area contributed by atoms with Crippen LogP contribution >= 0.6 is 11.8 Å². The van der Waals surface area contributed by atoms with Gasteiger partial charge in [-0.15, -0.1) is 11.8 Å². The highest BCUT2D eigenvalue weighted by molar-refractivity contribution is 8.00. The number of halogens is 2. The van der Waals surface area contributed by atoms with Crippen LogP contribution in [0.2, 0.25) is 0 Å². The number of carbonyl (C=O) groups is 1. The van der Waals surface area contributed by atoms with E-state index in [1.807, 2.05) is 24.3 Å². The number of amides is 1. The number of hydrogen-bond acceptors (Lipinski definition) is 3. The maximum Gasteiger partial charge on any atom is 0.230 e. The Balaban J connectivity index is 1.77. The van der Waals surface area contributed by atoms with Crippen LogP contribution in [0.15, 0.2) is 47.4 Å². The molecule has 2 rings (SSSR count). The van der Waals surface area contributed by atoms with Gasteiger partial charge in [0.15, 0.2) is 0 Å². The van der Waals surface area contributed by atoms with E-state index in [4.69, 9.17) is 4.74 Å². The Kier molecular flexibility index (Phi) is 6.40. The van der Waals surface area contributed by atoms with Gasteiger partial charge in [-0.05, 0) is 30.2 Å². The Bertz CT molecular complexity index is 679. The van der Waals surface area contributed by atoms with E-state index in [1.165, 1.54) is 12.1 Å². The van der Waals surface area contributed by atoms with Crippen LogP contribution in [-0.4, -0.2) is 25.3 Å². The van der Waals surface area contributed by atoms with E-state index >= 15 is 0 Å². The first-order valence-corrected chi connectivity index (χ1v) is 8.05. The van der Waals surface area contributed by atoms with Gasteiger partial charge in [0.25, 0.3) is 0 Å². The van der Waals surface area contributed by atoms with Crippen LogP contribution in [0.5, 0.6) is 5.75 Å². The highest BCUT2D eigenvalue weighted by atomic mass is 32.2. The number of para-hydroxylation sites is 1. The molecule has 0 aliphatic heterocycles. The monoisotopic (exact) mass is 337 g/mol. The average Bonchev–Trinajstić information content (AvgIpc) is 2.54. The summed E-state index contributed by atoms with van der Waals surface area (Å²) >= 11 is 1.04. The fourth-order valence-electron chi connectivity index (χ4n) is 2.03. The van der Waals surface area contributed by atoms with Gasteiger partial charge in [-0.3, -0.25) is 4.79 Å². The molecule has 0 unspecified atom stereocenters. The van der Waals surface area contributed by atoms with Gasteiger partial charge in [0.1, 0.15) is 17.4 Å². The van der Waals surface area contributed by atoms with Crippen molar-refractivity contribution < 1.29 is 18.3 Å². The zero-order valence-electron chi connectivity index (χ0n) is 12.6. The van der Waals surface area contributed by atoms with Gasteiger partial charge in [0.05, 0.1) is 12.9 Å². The Morgan fingerprint density at radius 2 is 2.00 bits per heavy atom. The van der Waals surface area contributed by atoms with E-state index in [1.54, 1.807) is 7.11 Å². The lowest BCUT2D eigenvalue weighted by Crippen LogP contribution is -2.27. The third-order valence-electron chi connectivity index (χ3n) is 3.16. The van der Waals surface area contributed by atoms with Gasteiger partial charge in [-0.25, -0.2) is 8.78 Å². The summed E-state index contributed by atoms with van der Waals surface area (Å²) in [4.78, 5) is 12.0. The molecule has 0 heterocycles. The number of benzene rings is 2. The predicted octanol–water partition coefficient (Wildman–Crippen LogP) is 3.42. The molecule has 6 heteroatoms. The van der Waals surface area contributed by atoms with Crippen molar-refractivity contribution in [1.29, 1.82) is 0 Å². The maximum atomic E-state index is 13.5. The Morgan fingerprint density at radius 3 is 2.74 bits per heavy atom. The van der Waals surface area contributed by atoms with Crippen LogP contribution in [0.1, 0.15) is 5.56 Å². The molecule has 1 amide bonds. The second kappa shape index (κ2) is 8.53. The maximum absolute atomic E-state index is 13.5. The van der Waals surface area contributed by atoms with Gasteiger partial charge in [-0.2, -0.15) is 0 Å². The van der Waals surface area contributed by atoms with Crippen molar-refractivity contribution in [3.8, 4) is 5.75 Å². The van der Waals surface area contributed by atoms with E-state index in [-0.39, 0.29) is 16.6 Å². The Morgan fingerprint density at radius 1 is 1.22 bits per heavy atom. The van der Waals surface area contributed by atoms with Crippen LogP contribution in [0.25, 0.3) is 0 Å². The van der Waals surface area contributed by atoms with E-state index in [0.29, 0.717) is 13.0 Å². The summed E-state index contributed by atoms with van der Waals surface area (Å²) in [7, 11) is 1.60. The van der Waals surface area contributed by atoms with E-state index in [0.717, 1.165) is 29.1 Å². The third-order valence-corrected chi connectivity index (χ3v) is 4.21. The second-order valence-corrected chi connectivity index (χ2v) is 5.79. The topological polar surface area (TPSA) is 38.3 Å². The van der Waals surface area contributed by atoms with Gasteiger partial charge in [0, 0.05) is 17.5 Å². The molecular formula is C17H17F2NO2S. The van der Waals surface area contributed by atoms with Crippen molar-refractivity contribution in [3.05, 3.63) is 59.7 Å². The summed E-state index contributed by atoms with van der Waals surface area (Å²) < 4.78 is 31.5. The van der Waals surface area contributed by atoms with E-state index in [9.17, 15) is 13.6 Å². The molecule has 0 atom stereocenters. The van der Waals surface area contributed by atoms with Crippen molar-refractivity contribution >= 4 is 17.7 Å². The highest BCUT2D eigenvalue weighted by Crippen LogP contribution is 2.22. The molecule has 0 bridgehead atoms. The van der Waals surface area contributed by atoms with Crippen molar-refractivity contribution in [3.63, 3.8) is 0 Å². The Labute approximate surface area is 138 Å². The molecule has 2 aromatic carbocycles. The SMILES string of the molecule is COc1ccccc1CCNC(=O)CSc1ccc(F)cc1F. The van der Waals surface area contributed by atoms with Crippen molar-refractivity contribution in [2.24, 2.45) is 0 Å². The quantitative estimate of drug-likeness (QED) is 0.787. The zero-order valence-corrected chi connectivity index (χ0v) is 13.5. The first kappa shape index (κ1) is 17.3. The molecule has 0 radical (unpaired) electrons. The van der Waals surface area contributed by atoms with Gasteiger partial charge in [-0.1, -0.05) is 18.2 Å².